The number of anilines is 1. The molecule has 1 atom stereocenters. The molecular formula is C16H23Cl2N3O2. The van der Waals surface area contributed by atoms with Crippen molar-refractivity contribution in [3.8, 4) is 0 Å². The van der Waals surface area contributed by atoms with Gasteiger partial charge in [0.15, 0.2) is 0 Å². The van der Waals surface area contributed by atoms with E-state index in [9.17, 15) is 9.59 Å². The zero-order chi connectivity index (χ0) is 17.6. The Morgan fingerprint density at radius 3 is 2.30 bits per heavy atom. The molecule has 3 N–H and O–H groups in total. The van der Waals surface area contributed by atoms with Crippen molar-refractivity contribution in [3.05, 3.63) is 28.2 Å². The number of nitrogens with zero attached hydrogens (tertiary/aromatic N) is 1. The van der Waals surface area contributed by atoms with Gasteiger partial charge in [0.05, 0.1) is 28.3 Å². The molecule has 0 radical (unpaired) electrons. The fourth-order valence-corrected chi connectivity index (χ4v) is 2.65. The molecule has 0 saturated carbocycles. The van der Waals surface area contributed by atoms with E-state index in [0.29, 0.717) is 34.6 Å². The summed E-state index contributed by atoms with van der Waals surface area (Å²) in [6.07, 6.45) is 0.577. The van der Waals surface area contributed by atoms with Gasteiger partial charge in [-0.3, -0.25) is 9.59 Å². The second-order valence-corrected chi connectivity index (χ2v) is 6.55. The van der Waals surface area contributed by atoms with E-state index in [-0.39, 0.29) is 18.4 Å². The Balaban J connectivity index is 2.72. The van der Waals surface area contributed by atoms with E-state index in [0.717, 1.165) is 0 Å². The molecule has 0 bridgehead atoms. The second-order valence-electron chi connectivity index (χ2n) is 5.73. The van der Waals surface area contributed by atoms with Gasteiger partial charge in [0.1, 0.15) is 0 Å². The number of benzene rings is 1. The molecular weight excluding hydrogens is 337 g/mol. The van der Waals surface area contributed by atoms with Crippen LogP contribution in [0.25, 0.3) is 0 Å². The molecule has 0 aliphatic carbocycles. The highest BCUT2D eigenvalue weighted by Crippen LogP contribution is 2.29. The average Bonchev–Trinajstić information content (AvgIpc) is 2.47. The Bertz CT molecular complexity index is 544. The first-order valence-corrected chi connectivity index (χ1v) is 8.30. The highest BCUT2D eigenvalue weighted by atomic mass is 35.5. The number of hydrogen-bond acceptors (Lipinski definition) is 3. The first kappa shape index (κ1) is 19.7. The van der Waals surface area contributed by atoms with E-state index in [1.807, 2.05) is 13.8 Å². The molecule has 0 heterocycles. The molecule has 23 heavy (non-hydrogen) atoms. The van der Waals surface area contributed by atoms with Gasteiger partial charge in [0.2, 0.25) is 11.8 Å². The fourth-order valence-electron chi connectivity index (χ4n) is 2.16. The van der Waals surface area contributed by atoms with E-state index in [4.69, 9.17) is 28.9 Å². The molecule has 0 fully saturated rings. The highest BCUT2D eigenvalue weighted by molar-refractivity contribution is 6.39. The molecule has 0 saturated heterocycles. The lowest BCUT2D eigenvalue weighted by atomic mass is 10.0. The van der Waals surface area contributed by atoms with Crippen LogP contribution in [0.5, 0.6) is 0 Å². The number of carbonyl (C=O) groups excluding carboxylic acids is 2. The van der Waals surface area contributed by atoms with E-state index in [1.165, 1.54) is 4.90 Å². The van der Waals surface area contributed by atoms with Crippen LogP contribution in [0.2, 0.25) is 10.0 Å². The zero-order valence-electron chi connectivity index (χ0n) is 13.6. The van der Waals surface area contributed by atoms with Crippen LogP contribution in [0, 0.1) is 5.92 Å². The number of halogens is 2. The number of nitrogens with one attached hydrogen (secondary N) is 1. The van der Waals surface area contributed by atoms with Crippen LogP contribution in [0.1, 0.15) is 27.2 Å². The first-order chi connectivity index (χ1) is 10.8. The molecule has 0 unspecified atom stereocenters. The third-order valence-corrected chi connectivity index (χ3v) is 3.93. The smallest absolute Gasteiger partial charge is 0.244 e. The number of nitrogens with two attached hydrogens (primary N) is 1. The van der Waals surface area contributed by atoms with Crippen molar-refractivity contribution in [3.63, 3.8) is 0 Å². The monoisotopic (exact) mass is 359 g/mol. The Morgan fingerprint density at radius 2 is 1.83 bits per heavy atom. The molecule has 5 nitrogen and oxygen atoms in total. The van der Waals surface area contributed by atoms with E-state index < -0.39 is 6.04 Å². The lowest BCUT2D eigenvalue weighted by Gasteiger charge is -2.24. The van der Waals surface area contributed by atoms with Crippen molar-refractivity contribution in [2.75, 3.05) is 18.4 Å². The number of rotatable bonds is 7. The summed E-state index contributed by atoms with van der Waals surface area (Å²) in [6, 6.07) is 4.34. The highest BCUT2D eigenvalue weighted by Gasteiger charge is 2.23. The van der Waals surface area contributed by atoms with E-state index in [2.05, 4.69) is 5.32 Å². The Kier molecular flexibility index (Phi) is 7.82. The predicted molar refractivity (Wildman–Crippen MR) is 94.8 cm³/mol. The lowest BCUT2D eigenvalue weighted by molar-refractivity contribution is -0.135. The van der Waals surface area contributed by atoms with Gasteiger partial charge >= 0.3 is 0 Å². The van der Waals surface area contributed by atoms with E-state index >= 15 is 0 Å². The van der Waals surface area contributed by atoms with Gasteiger partial charge in [0, 0.05) is 6.54 Å². The predicted octanol–water partition coefficient (Wildman–Crippen LogP) is 3.15. The molecule has 0 aliphatic rings. The third-order valence-electron chi connectivity index (χ3n) is 3.30. The van der Waals surface area contributed by atoms with Gasteiger partial charge in [-0.25, -0.2) is 0 Å². The molecule has 1 aromatic rings. The Hall–Kier alpha value is -1.30. The summed E-state index contributed by atoms with van der Waals surface area (Å²) < 4.78 is 0. The summed E-state index contributed by atoms with van der Waals surface area (Å²) in [4.78, 5) is 25.9. The lowest BCUT2D eigenvalue weighted by Crippen LogP contribution is -2.47. The number of para-hydroxylation sites is 1. The molecule has 0 aromatic heterocycles. The molecule has 0 aliphatic heterocycles. The number of hydrogen-bond donors (Lipinski definition) is 2. The number of amides is 2. The van der Waals surface area contributed by atoms with Crippen LogP contribution < -0.4 is 11.1 Å². The van der Waals surface area contributed by atoms with Gasteiger partial charge in [0.25, 0.3) is 0 Å². The summed E-state index contributed by atoms with van der Waals surface area (Å²) >= 11 is 12.0. The Labute approximate surface area is 147 Å². The van der Waals surface area contributed by atoms with Crippen LogP contribution in [0.15, 0.2) is 18.2 Å². The molecule has 128 valence electrons. The second kappa shape index (κ2) is 9.11. The molecule has 1 aromatic carbocycles. The summed E-state index contributed by atoms with van der Waals surface area (Å²) in [5.41, 5.74) is 6.25. The number of likely N-dealkylation sites (N-methyl/N-ethyl adjacent to an activating group) is 1. The summed E-state index contributed by atoms with van der Waals surface area (Å²) in [5.74, 6) is -0.294. The summed E-state index contributed by atoms with van der Waals surface area (Å²) in [5, 5.41) is 3.33. The summed E-state index contributed by atoms with van der Waals surface area (Å²) in [6.45, 7) is 6.10. The van der Waals surface area contributed by atoms with Gasteiger partial charge in [-0.1, -0.05) is 43.1 Å². The molecule has 7 heteroatoms. The number of carbonyl (C=O) groups is 2. The normalized spacial score (nSPS) is 12.1. The van der Waals surface area contributed by atoms with Crippen molar-refractivity contribution < 1.29 is 9.59 Å². The van der Waals surface area contributed by atoms with Crippen molar-refractivity contribution >= 4 is 40.7 Å². The minimum absolute atomic E-state index is 0.0946. The maximum Gasteiger partial charge on any atom is 0.244 e. The molecule has 2 amide bonds. The van der Waals surface area contributed by atoms with Crippen LogP contribution in [-0.4, -0.2) is 35.8 Å². The van der Waals surface area contributed by atoms with Crippen LogP contribution >= 0.6 is 23.2 Å². The third kappa shape index (κ3) is 6.01. The van der Waals surface area contributed by atoms with Crippen molar-refractivity contribution in [2.24, 2.45) is 11.7 Å². The topological polar surface area (TPSA) is 75.4 Å². The van der Waals surface area contributed by atoms with Gasteiger partial charge in [-0.05, 0) is 31.4 Å². The van der Waals surface area contributed by atoms with Crippen LogP contribution in [-0.2, 0) is 9.59 Å². The van der Waals surface area contributed by atoms with Crippen molar-refractivity contribution in [1.29, 1.82) is 0 Å². The standard InChI is InChI=1S/C16H23Cl2N3O2/c1-4-21(16(23)13(19)8-10(2)3)9-14(22)20-15-11(17)6-5-7-12(15)18/h5-7,10,13H,4,8-9,19H2,1-3H3,(H,20,22)/t13-/m0/s1. The van der Waals surface area contributed by atoms with Crippen LogP contribution in [0.4, 0.5) is 5.69 Å². The molecule has 1 rings (SSSR count). The minimum Gasteiger partial charge on any atom is -0.332 e. The minimum atomic E-state index is -0.605. The van der Waals surface area contributed by atoms with E-state index in [1.54, 1.807) is 25.1 Å². The van der Waals surface area contributed by atoms with Crippen LogP contribution in [0.3, 0.4) is 0 Å². The van der Waals surface area contributed by atoms with Crippen molar-refractivity contribution in [1.82, 2.24) is 4.90 Å². The molecule has 0 spiro atoms. The Morgan fingerprint density at radius 1 is 1.26 bits per heavy atom. The quantitative estimate of drug-likeness (QED) is 0.784. The SMILES string of the molecule is CCN(CC(=O)Nc1c(Cl)cccc1Cl)C(=O)[C@@H](N)CC(C)C. The van der Waals surface area contributed by atoms with Gasteiger partial charge in [-0.2, -0.15) is 0 Å². The van der Waals surface area contributed by atoms with Gasteiger partial charge < -0.3 is 16.0 Å². The first-order valence-electron chi connectivity index (χ1n) is 7.54. The maximum absolute atomic E-state index is 12.3. The zero-order valence-corrected chi connectivity index (χ0v) is 15.1. The maximum atomic E-state index is 12.3. The van der Waals surface area contributed by atoms with Gasteiger partial charge in [-0.15, -0.1) is 0 Å². The fraction of sp³-hybridized carbons (Fsp3) is 0.500. The average molecular weight is 360 g/mol. The van der Waals surface area contributed by atoms with Crippen molar-refractivity contribution in [2.45, 2.75) is 33.2 Å². The summed E-state index contributed by atoms with van der Waals surface area (Å²) in [7, 11) is 0. The largest absolute Gasteiger partial charge is 0.332 e.